The van der Waals surface area contributed by atoms with E-state index in [-0.39, 0.29) is 39.1 Å². The van der Waals surface area contributed by atoms with Crippen molar-refractivity contribution in [3.05, 3.63) is 39.3 Å². The Bertz CT molecular complexity index is 854. The van der Waals surface area contributed by atoms with Crippen LogP contribution in [0.1, 0.15) is 27.1 Å². The summed E-state index contributed by atoms with van der Waals surface area (Å²) in [6.45, 7) is 0. The third-order valence-electron chi connectivity index (χ3n) is 3.08. The van der Waals surface area contributed by atoms with E-state index in [1.807, 2.05) is 0 Å². The Morgan fingerprint density at radius 2 is 1.52 bits per heavy atom. The molecule has 0 radical (unpaired) electrons. The number of carboxylic acid groups (broad SMARTS) is 3. The fraction of sp³-hybridized carbons (Fsp3) is 0.0714. The van der Waals surface area contributed by atoms with Crippen LogP contribution in [0.15, 0.2) is 17.7 Å². The van der Waals surface area contributed by atoms with Crippen molar-refractivity contribution >= 4 is 35.5 Å². The maximum absolute atomic E-state index is 11.3. The fourth-order valence-corrected chi connectivity index (χ4v) is 2.21. The molecule has 7 nitrogen and oxygen atoms in total. The van der Waals surface area contributed by atoms with Crippen LogP contribution in [-0.2, 0) is 9.59 Å². The number of carboxylic acids is 3. The van der Waals surface area contributed by atoms with Gasteiger partial charge in [0.1, 0.15) is 5.94 Å². The minimum absolute atomic E-state index is 0.0510. The molecule has 2 rings (SSSR count). The highest BCUT2D eigenvalue weighted by Crippen LogP contribution is 2.14. The van der Waals surface area contributed by atoms with Crippen LogP contribution >= 0.6 is 0 Å². The number of rotatable bonds is 3. The molecule has 0 saturated carbocycles. The molecule has 1 aromatic carbocycles. The van der Waals surface area contributed by atoms with E-state index >= 15 is 0 Å². The molecule has 0 unspecified atom stereocenters. The Morgan fingerprint density at radius 3 is 2.00 bits per heavy atom. The maximum Gasteiger partial charge on any atom is 0.336 e. The van der Waals surface area contributed by atoms with E-state index in [1.165, 1.54) is 5.94 Å². The largest absolute Gasteiger partial charge is 0.478 e. The number of carbonyl (C=O) groups is 3. The van der Waals surface area contributed by atoms with Gasteiger partial charge in [-0.3, -0.25) is 0 Å². The number of allylic oxidation sites excluding steroid dienone is 1. The molecule has 0 spiro atoms. The van der Waals surface area contributed by atoms with Gasteiger partial charge in [-0.05, 0) is 23.4 Å². The summed E-state index contributed by atoms with van der Waals surface area (Å²) in [4.78, 5) is 44.5. The first-order valence-electron chi connectivity index (χ1n) is 5.68. The van der Waals surface area contributed by atoms with Gasteiger partial charge in [0.15, 0.2) is 0 Å². The van der Waals surface area contributed by atoms with Gasteiger partial charge in [0.05, 0.1) is 16.7 Å². The van der Waals surface area contributed by atoms with Gasteiger partial charge < -0.3 is 15.3 Å². The molecule has 0 bridgehead atoms. The van der Waals surface area contributed by atoms with Crippen molar-refractivity contribution in [2.45, 2.75) is 6.42 Å². The van der Waals surface area contributed by atoms with Gasteiger partial charge in [-0.2, -0.15) is 0 Å². The van der Waals surface area contributed by atoms with Crippen molar-refractivity contribution in [3.63, 3.8) is 0 Å². The molecule has 106 valence electrons. The molecule has 0 aromatic heterocycles. The predicted molar refractivity (Wildman–Crippen MR) is 68.9 cm³/mol. The molecule has 1 aromatic rings. The summed E-state index contributed by atoms with van der Waals surface area (Å²) in [6.07, 6.45) is 0.847. The number of fused-ring (bicyclic) bond motifs is 1. The maximum atomic E-state index is 11.3. The second-order valence-electron chi connectivity index (χ2n) is 4.29. The first-order chi connectivity index (χ1) is 9.86. The Kier molecular flexibility index (Phi) is 3.44. The molecular formula is C14H8O7. The van der Waals surface area contributed by atoms with Crippen molar-refractivity contribution in [2.24, 2.45) is 0 Å². The molecule has 21 heavy (non-hydrogen) atoms. The zero-order valence-corrected chi connectivity index (χ0v) is 10.4. The molecule has 0 heterocycles. The highest BCUT2D eigenvalue weighted by Gasteiger charge is 2.23. The summed E-state index contributed by atoms with van der Waals surface area (Å²) in [5.41, 5.74) is -0.994. The summed E-state index contributed by atoms with van der Waals surface area (Å²) >= 11 is 0. The predicted octanol–water partition coefficient (Wildman–Crippen LogP) is -0.739. The Morgan fingerprint density at radius 1 is 0.952 bits per heavy atom. The Labute approximate surface area is 116 Å². The van der Waals surface area contributed by atoms with Crippen LogP contribution in [0.4, 0.5) is 0 Å². The molecule has 3 N–H and O–H groups in total. The quantitative estimate of drug-likeness (QED) is 0.625. The van der Waals surface area contributed by atoms with E-state index in [0.717, 1.165) is 18.2 Å². The molecule has 1 aliphatic rings. The number of carbonyl (C=O) groups excluding carboxylic acids is 1. The molecule has 0 amide bonds. The highest BCUT2D eigenvalue weighted by molar-refractivity contribution is 6.12. The van der Waals surface area contributed by atoms with Gasteiger partial charge in [0, 0.05) is 17.2 Å². The first-order valence-corrected chi connectivity index (χ1v) is 5.68. The third kappa shape index (κ3) is 2.33. The van der Waals surface area contributed by atoms with Gasteiger partial charge in [0.2, 0.25) is 0 Å². The van der Waals surface area contributed by atoms with Gasteiger partial charge in [-0.1, -0.05) is 0 Å². The Hall–Kier alpha value is -3.18. The average Bonchev–Trinajstić information content (AvgIpc) is 2.43. The number of benzene rings is 1. The summed E-state index contributed by atoms with van der Waals surface area (Å²) < 4.78 is 0. The fourth-order valence-electron chi connectivity index (χ4n) is 2.21. The summed E-state index contributed by atoms with van der Waals surface area (Å²) in [5, 5.41) is 27.2. The first kappa shape index (κ1) is 14.2. The lowest BCUT2D eigenvalue weighted by atomic mass is 9.91. The lowest BCUT2D eigenvalue weighted by Gasteiger charge is -2.11. The van der Waals surface area contributed by atoms with Crippen LogP contribution < -0.4 is 10.4 Å². The van der Waals surface area contributed by atoms with E-state index in [9.17, 15) is 24.3 Å². The van der Waals surface area contributed by atoms with Crippen molar-refractivity contribution in [1.82, 2.24) is 0 Å². The smallest absolute Gasteiger partial charge is 0.336 e. The van der Waals surface area contributed by atoms with Gasteiger partial charge in [0.25, 0.3) is 0 Å². The van der Waals surface area contributed by atoms with Crippen LogP contribution in [-0.4, -0.2) is 39.2 Å². The SMILES string of the molecule is O=C=C1C=c2c(C(=O)O)ccc(C(=O)O)c2=C(C(=O)O)C1. The summed E-state index contributed by atoms with van der Waals surface area (Å²) in [6, 6.07) is 2.10. The number of hydrogen-bond acceptors (Lipinski definition) is 4. The van der Waals surface area contributed by atoms with Crippen molar-refractivity contribution in [1.29, 1.82) is 0 Å². The number of aliphatic carboxylic acids is 1. The van der Waals surface area contributed by atoms with Crippen molar-refractivity contribution in [2.75, 3.05) is 0 Å². The van der Waals surface area contributed by atoms with Gasteiger partial charge >= 0.3 is 17.9 Å². The lowest BCUT2D eigenvalue weighted by molar-refractivity contribution is -0.130. The number of aromatic carboxylic acids is 2. The van der Waals surface area contributed by atoms with Crippen molar-refractivity contribution in [3.8, 4) is 0 Å². The van der Waals surface area contributed by atoms with Gasteiger partial charge in [-0.25, -0.2) is 19.2 Å². The molecule has 7 heteroatoms. The van der Waals surface area contributed by atoms with Crippen molar-refractivity contribution < 1.29 is 34.5 Å². The monoisotopic (exact) mass is 288 g/mol. The zero-order valence-electron chi connectivity index (χ0n) is 10.4. The molecule has 0 saturated heterocycles. The summed E-state index contributed by atoms with van der Waals surface area (Å²) in [7, 11) is 0. The summed E-state index contributed by atoms with van der Waals surface area (Å²) in [5.74, 6) is -2.61. The van der Waals surface area contributed by atoms with Crippen LogP contribution in [0.2, 0.25) is 0 Å². The zero-order chi connectivity index (χ0) is 15.7. The molecule has 1 aliphatic carbocycles. The molecular weight excluding hydrogens is 280 g/mol. The lowest BCUT2D eigenvalue weighted by Crippen LogP contribution is -2.41. The molecule has 0 fully saturated rings. The van der Waals surface area contributed by atoms with E-state index < -0.39 is 17.9 Å². The third-order valence-corrected chi connectivity index (χ3v) is 3.08. The van der Waals surface area contributed by atoms with E-state index in [2.05, 4.69) is 0 Å². The molecule has 0 aliphatic heterocycles. The van der Waals surface area contributed by atoms with Crippen LogP contribution in [0.25, 0.3) is 11.6 Å². The van der Waals surface area contributed by atoms with Crippen LogP contribution in [0.5, 0.6) is 0 Å². The van der Waals surface area contributed by atoms with E-state index in [4.69, 9.17) is 10.2 Å². The Balaban J connectivity index is 3.14. The topological polar surface area (TPSA) is 129 Å². The number of hydrogen-bond donors (Lipinski definition) is 3. The minimum atomic E-state index is -1.41. The normalized spacial score (nSPS) is 13.0. The second-order valence-corrected chi connectivity index (χ2v) is 4.29. The van der Waals surface area contributed by atoms with Crippen LogP contribution in [0.3, 0.4) is 0 Å². The standard InChI is InChI=1S/C14H8O7/c15-5-6-3-9-7(12(16)17)1-2-8(13(18)19)11(9)10(4-6)14(20)21/h1-3H,4H2,(H,16,17)(H,18,19)(H,20,21). The highest BCUT2D eigenvalue weighted by atomic mass is 16.4. The van der Waals surface area contributed by atoms with E-state index in [1.54, 1.807) is 0 Å². The minimum Gasteiger partial charge on any atom is -0.478 e. The van der Waals surface area contributed by atoms with E-state index in [0.29, 0.717) is 0 Å². The van der Waals surface area contributed by atoms with Gasteiger partial charge in [-0.15, -0.1) is 0 Å². The van der Waals surface area contributed by atoms with Crippen LogP contribution in [0, 0.1) is 0 Å². The molecule has 0 atom stereocenters. The average molecular weight is 288 g/mol. The second kappa shape index (κ2) is 5.07.